The molecule has 1 atom stereocenters. The lowest BCUT2D eigenvalue weighted by Gasteiger charge is -2.14. The summed E-state index contributed by atoms with van der Waals surface area (Å²) in [7, 11) is -3.05. The van der Waals surface area contributed by atoms with Gasteiger partial charge in [-0.25, -0.2) is 12.8 Å². The van der Waals surface area contributed by atoms with Crippen molar-refractivity contribution in [2.45, 2.75) is 30.9 Å². The molecule has 0 radical (unpaired) electrons. The number of aryl methyl sites for hydroxylation is 1. The first-order valence-corrected chi connectivity index (χ1v) is 8.46. The SMILES string of the molecule is O=S(=O)(CCc1ccc(F)cc1)C1CCCNCC1. The third-order valence-corrected chi connectivity index (χ3v) is 5.88. The second kappa shape index (κ2) is 6.48. The highest BCUT2D eigenvalue weighted by Gasteiger charge is 2.25. The maximum Gasteiger partial charge on any atom is 0.153 e. The van der Waals surface area contributed by atoms with E-state index in [0.29, 0.717) is 12.8 Å². The Morgan fingerprint density at radius 3 is 2.63 bits per heavy atom. The predicted octanol–water partition coefficient (Wildman–Crippen LogP) is 1.93. The van der Waals surface area contributed by atoms with Crippen molar-refractivity contribution >= 4 is 9.84 Å². The molecule has 0 spiro atoms. The van der Waals surface area contributed by atoms with Crippen LogP contribution >= 0.6 is 0 Å². The minimum atomic E-state index is -3.05. The molecule has 1 aliphatic rings. The fourth-order valence-corrected chi connectivity index (χ4v) is 4.28. The highest BCUT2D eigenvalue weighted by atomic mass is 32.2. The molecule has 3 nitrogen and oxygen atoms in total. The van der Waals surface area contributed by atoms with Crippen molar-refractivity contribution in [3.63, 3.8) is 0 Å². The standard InChI is InChI=1S/C14H20FNO2S/c15-13-5-3-12(4-6-13)8-11-19(17,18)14-2-1-9-16-10-7-14/h3-6,14,16H,1-2,7-11H2. The van der Waals surface area contributed by atoms with Crippen LogP contribution in [0, 0.1) is 5.82 Å². The zero-order valence-corrected chi connectivity index (χ0v) is 11.8. The van der Waals surface area contributed by atoms with Crippen LogP contribution in [0.15, 0.2) is 24.3 Å². The monoisotopic (exact) mass is 285 g/mol. The summed E-state index contributed by atoms with van der Waals surface area (Å²) in [6.07, 6.45) is 2.83. The Morgan fingerprint density at radius 2 is 1.89 bits per heavy atom. The summed E-state index contributed by atoms with van der Waals surface area (Å²) >= 11 is 0. The van der Waals surface area contributed by atoms with Gasteiger partial charge in [-0.15, -0.1) is 0 Å². The molecule has 0 saturated carbocycles. The number of nitrogens with one attached hydrogen (secondary N) is 1. The molecule has 1 unspecified atom stereocenters. The van der Waals surface area contributed by atoms with E-state index >= 15 is 0 Å². The highest BCUT2D eigenvalue weighted by Crippen LogP contribution is 2.17. The van der Waals surface area contributed by atoms with Crippen LogP contribution in [0.4, 0.5) is 4.39 Å². The predicted molar refractivity (Wildman–Crippen MR) is 74.4 cm³/mol. The van der Waals surface area contributed by atoms with Gasteiger partial charge < -0.3 is 5.32 Å². The molecular formula is C14H20FNO2S. The van der Waals surface area contributed by atoms with Crippen molar-refractivity contribution in [3.05, 3.63) is 35.6 Å². The maximum absolute atomic E-state index is 12.8. The van der Waals surface area contributed by atoms with E-state index < -0.39 is 9.84 Å². The first kappa shape index (κ1) is 14.5. The Kier molecular flexibility index (Phi) is 4.93. The van der Waals surface area contributed by atoms with Crippen molar-refractivity contribution in [2.24, 2.45) is 0 Å². The number of rotatable bonds is 4. The molecule has 1 heterocycles. The van der Waals surface area contributed by atoms with E-state index in [4.69, 9.17) is 0 Å². The van der Waals surface area contributed by atoms with Gasteiger partial charge in [0.1, 0.15) is 5.82 Å². The zero-order chi connectivity index (χ0) is 13.7. The van der Waals surface area contributed by atoms with Crippen LogP contribution in [0.25, 0.3) is 0 Å². The van der Waals surface area contributed by atoms with Crippen LogP contribution in [0.1, 0.15) is 24.8 Å². The third-order valence-electron chi connectivity index (χ3n) is 3.62. The van der Waals surface area contributed by atoms with E-state index in [1.54, 1.807) is 12.1 Å². The molecule has 0 amide bonds. The van der Waals surface area contributed by atoms with Gasteiger partial charge in [-0.1, -0.05) is 12.1 Å². The van der Waals surface area contributed by atoms with Crippen LogP contribution in [0.5, 0.6) is 0 Å². The van der Waals surface area contributed by atoms with E-state index in [1.165, 1.54) is 12.1 Å². The number of halogens is 1. The first-order chi connectivity index (χ1) is 9.08. The van der Waals surface area contributed by atoms with Crippen molar-refractivity contribution in [1.29, 1.82) is 0 Å². The Balaban J connectivity index is 1.94. The molecule has 1 fully saturated rings. The van der Waals surface area contributed by atoms with E-state index in [1.807, 2.05) is 0 Å². The largest absolute Gasteiger partial charge is 0.317 e. The second-order valence-corrected chi connectivity index (χ2v) is 7.45. The van der Waals surface area contributed by atoms with Crippen molar-refractivity contribution < 1.29 is 12.8 Å². The van der Waals surface area contributed by atoms with E-state index in [2.05, 4.69) is 5.32 Å². The third kappa shape index (κ3) is 4.28. The fourth-order valence-electron chi connectivity index (χ4n) is 2.42. The molecule has 1 saturated heterocycles. The Bertz CT molecular complexity index is 491. The molecule has 0 aliphatic carbocycles. The summed E-state index contributed by atoms with van der Waals surface area (Å²) in [5, 5.41) is 3.00. The minimum absolute atomic E-state index is 0.156. The van der Waals surface area contributed by atoms with Gasteiger partial charge in [0, 0.05) is 0 Å². The van der Waals surface area contributed by atoms with E-state index in [-0.39, 0.29) is 16.8 Å². The lowest BCUT2D eigenvalue weighted by molar-refractivity contribution is 0.565. The number of benzene rings is 1. The lowest BCUT2D eigenvalue weighted by Crippen LogP contribution is -2.26. The van der Waals surface area contributed by atoms with Crippen molar-refractivity contribution in [1.82, 2.24) is 5.32 Å². The average Bonchev–Trinajstić information content (AvgIpc) is 2.67. The summed E-state index contributed by atoms with van der Waals surface area (Å²) in [5.41, 5.74) is 0.872. The second-order valence-electron chi connectivity index (χ2n) is 5.05. The summed E-state index contributed by atoms with van der Waals surface area (Å²) in [5.74, 6) is -0.134. The molecule has 5 heteroatoms. The van der Waals surface area contributed by atoms with Crippen molar-refractivity contribution in [3.8, 4) is 0 Å². The van der Waals surface area contributed by atoms with Crippen LogP contribution in [-0.4, -0.2) is 32.5 Å². The maximum atomic E-state index is 12.8. The molecule has 1 aromatic rings. The zero-order valence-electron chi connectivity index (χ0n) is 10.9. The van der Waals surface area contributed by atoms with Gasteiger partial charge in [0.2, 0.25) is 0 Å². The van der Waals surface area contributed by atoms with Gasteiger partial charge in [0.05, 0.1) is 11.0 Å². The summed E-state index contributed by atoms with van der Waals surface area (Å²) in [6.45, 7) is 1.68. The molecular weight excluding hydrogens is 265 g/mol. The van der Waals surface area contributed by atoms with Crippen LogP contribution in [-0.2, 0) is 16.3 Å². The Hall–Kier alpha value is -0.940. The molecule has 0 aromatic heterocycles. The molecule has 1 aromatic carbocycles. The van der Waals surface area contributed by atoms with Gasteiger partial charge in [-0.3, -0.25) is 0 Å². The molecule has 19 heavy (non-hydrogen) atoms. The van der Waals surface area contributed by atoms with Gasteiger partial charge in [-0.2, -0.15) is 0 Å². The minimum Gasteiger partial charge on any atom is -0.317 e. The lowest BCUT2D eigenvalue weighted by atomic mass is 10.2. The van der Waals surface area contributed by atoms with Crippen LogP contribution in [0.3, 0.4) is 0 Å². The Labute approximate surface area is 114 Å². The highest BCUT2D eigenvalue weighted by molar-refractivity contribution is 7.92. The normalized spacial score (nSPS) is 21.0. The molecule has 106 valence electrons. The summed E-state index contributed by atoms with van der Waals surface area (Å²) in [6, 6.07) is 6.05. The Morgan fingerprint density at radius 1 is 1.16 bits per heavy atom. The van der Waals surface area contributed by atoms with Gasteiger partial charge in [-0.05, 0) is 56.5 Å². The number of hydrogen-bond donors (Lipinski definition) is 1. The molecule has 1 N–H and O–H groups in total. The quantitative estimate of drug-likeness (QED) is 0.919. The molecule has 1 aliphatic heterocycles. The smallest absolute Gasteiger partial charge is 0.153 e. The molecule has 2 rings (SSSR count). The topological polar surface area (TPSA) is 46.2 Å². The first-order valence-electron chi connectivity index (χ1n) is 6.75. The van der Waals surface area contributed by atoms with Gasteiger partial charge >= 0.3 is 0 Å². The van der Waals surface area contributed by atoms with Crippen molar-refractivity contribution in [2.75, 3.05) is 18.8 Å². The summed E-state index contributed by atoms with van der Waals surface area (Å²) < 4.78 is 37.3. The van der Waals surface area contributed by atoms with Gasteiger partial charge in [0.25, 0.3) is 0 Å². The number of hydrogen-bond acceptors (Lipinski definition) is 3. The summed E-state index contributed by atoms with van der Waals surface area (Å²) in [4.78, 5) is 0. The van der Waals surface area contributed by atoms with Crippen LogP contribution < -0.4 is 5.32 Å². The van der Waals surface area contributed by atoms with Gasteiger partial charge in [0.15, 0.2) is 9.84 Å². The molecule has 0 bridgehead atoms. The van der Waals surface area contributed by atoms with E-state index in [0.717, 1.165) is 31.5 Å². The average molecular weight is 285 g/mol. The number of sulfone groups is 1. The fraction of sp³-hybridized carbons (Fsp3) is 0.571. The van der Waals surface area contributed by atoms with E-state index in [9.17, 15) is 12.8 Å². The van der Waals surface area contributed by atoms with Crippen LogP contribution in [0.2, 0.25) is 0 Å².